The summed E-state index contributed by atoms with van der Waals surface area (Å²) in [6.07, 6.45) is 4.50. The molecule has 7 nitrogen and oxygen atoms in total. The minimum Gasteiger partial charge on any atom is -0.492 e. The van der Waals surface area contributed by atoms with Gasteiger partial charge in [-0.1, -0.05) is 30.9 Å². The maximum Gasteiger partial charge on any atom is 0.321 e. The number of hydrogen-bond acceptors (Lipinski definition) is 5. The predicted molar refractivity (Wildman–Crippen MR) is 103 cm³/mol. The number of halogens is 1. The van der Waals surface area contributed by atoms with Crippen LogP contribution in [0.3, 0.4) is 0 Å². The monoisotopic (exact) mass is 408 g/mol. The van der Waals surface area contributed by atoms with E-state index >= 15 is 0 Å². The summed E-state index contributed by atoms with van der Waals surface area (Å²) < 4.78 is 10.8. The van der Waals surface area contributed by atoms with Gasteiger partial charge in [-0.25, -0.2) is 4.79 Å². The van der Waals surface area contributed by atoms with Crippen molar-refractivity contribution in [2.24, 2.45) is 5.92 Å². The Morgan fingerprint density at radius 2 is 1.96 bits per heavy atom. The fraction of sp³-hybridized carbons (Fsp3) is 0.550. The molecule has 152 valence electrons. The molecule has 0 spiro atoms. The zero-order valence-electron chi connectivity index (χ0n) is 15.8. The van der Waals surface area contributed by atoms with Crippen LogP contribution in [0.4, 0.5) is 4.79 Å². The molecule has 1 aliphatic carbocycles. The molecule has 3 amide bonds. The Morgan fingerprint density at radius 3 is 2.71 bits per heavy atom. The van der Waals surface area contributed by atoms with E-state index in [1.807, 2.05) is 0 Å². The highest BCUT2D eigenvalue weighted by Gasteiger charge is 2.30. The minimum atomic E-state index is -1.08. The van der Waals surface area contributed by atoms with Crippen LogP contribution in [0.25, 0.3) is 0 Å². The molecule has 2 atom stereocenters. The smallest absolute Gasteiger partial charge is 0.321 e. The highest BCUT2D eigenvalue weighted by molar-refractivity contribution is 6.30. The van der Waals surface area contributed by atoms with E-state index in [0.29, 0.717) is 17.2 Å². The Morgan fingerprint density at radius 1 is 1.21 bits per heavy atom. The van der Waals surface area contributed by atoms with Gasteiger partial charge in [-0.15, -0.1) is 0 Å². The van der Waals surface area contributed by atoms with Crippen LogP contribution in [-0.2, 0) is 20.7 Å². The van der Waals surface area contributed by atoms with E-state index in [4.69, 9.17) is 21.1 Å². The lowest BCUT2D eigenvalue weighted by molar-refractivity contribution is -0.159. The van der Waals surface area contributed by atoms with E-state index in [2.05, 4.69) is 10.6 Å². The van der Waals surface area contributed by atoms with Gasteiger partial charge in [0.15, 0.2) is 6.10 Å². The van der Waals surface area contributed by atoms with Gasteiger partial charge in [0.25, 0.3) is 5.91 Å². The van der Waals surface area contributed by atoms with Crippen molar-refractivity contribution in [3.63, 3.8) is 0 Å². The molecule has 2 aliphatic rings. The molecular formula is C20H25ClN2O5. The average Bonchev–Trinajstić information content (AvgIpc) is 2.67. The number of carbonyl (C=O) groups excluding carboxylic acids is 3. The SMILES string of the molecule is C[C@@H](OC(=O)[C@@H]1COc2ccc(Cl)cc2C1)C(=O)NC(=O)NC1CCCCC1. The number of hydrogen-bond donors (Lipinski definition) is 2. The van der Waals surface area contributed by atoms with Crippen molar-refractivity contribution in [3.8, 4) is 5.75 Å². The van der Waals surface area contributed by atoms with Gasteiger partial charge < -0.3 is 14.8 Å². The van der Waals surface area contributed by atoms with Gasteiger partial charge >= 0.3 is 12.0 Å². The first kappa shape index (κ1) is 20.5. The molecule has 8 heteroatoms. The number of fused-ring (bicyclic) bond motifs is 1. The molecule has 1 aromatic rings. The van der Waals surface area contributed by atoms with Crippen molar-refractivity contribution in [1.29, 1.82) is 0 Å². The lowest BCUT2D eigenvalue weighted by atomic mass is 9.96. The Labute approximate surface area is 169 Å². The Bertz CT molecular complexity index is 748. The van der Waals surface area contributed by atoms with Gasteiger partial charge in [-0.2, -0.15) is 0 Å². The zero-order chi connectivity index (χ0) is 20.1. The number of ether oxygens (including phenoxy) is 2. The number of nitrogens with one attached hydrogen (secondary N) is 2. The zero-order valence-corrected chi connectivity index (χ0v) is 16.6. The third-order valence-corrected chi connectivity index (χ3v) is 5.34. The summed E-state index contributed by atoms with van der Waals surface area (Å²) >= 11 is 5.99. The van der Waals surface area contributed by atoms with Crippen molar-refractivity contribution in [2.75, 3.05) is 6.61 Å². The third-order valence-electron chi connectivity index (χ3n) is 5.10. The van der Waals surface area contributed by atoms with E-state index < -0.39 is 29.9 Å². The highest BCUT2D eigenvalue weighted by Crippen LogP contribution is 2.30. The Hall–Kier alpha value is -2.28. The van der Waals surface area contributed by atoms with Crippen LogP contribution < -0.4 is 15.4 Å². The quantitative estimate of drug-likeness (QED) is 0.747. The van der Waals surface area contributed by atoms with Crippen molar-refractivity contribution in [3.05, 3.63) is 28.8 Å². The number of rotatable bonds is 4. The molecule has 1 saturated carbocycles. The first-order valence-corrected chi connectivity index (χ1v) is 10.0. The van der Waals surface area contributed by atoms with E-state index in [0.717, 1.165) is 31.2 Å². The summed E-state index contributed by atoms with van der Waals surface area (Å²) in [5.41, 5.74) is 0.824. The van der Waals surface area contributed by atoms with Crippen molar-refractivity contribution in [2.45, 2.75) is 57.6 Å². The van der Waals surface area contributed by atoms with E-state index in [1.54, 1.807) is 18.2 Å². The summed E-state index contributed by atoms with van der Waals surface area (Å²) in [5, 5.41) is 5.60. The number of benzene rings is 1. The fourth-order valence-corrected chi connectivity index (χ4v) is 3.72. The summed E-state index contributed by atoms with van der Waals surface area (Å²) in [5.74, 6) is -1.03. The second-order valence-corrected chi connectivity index (χ2v) is 7.78. The molecule has 3 rings (SSSR count). The molecule has 0 saturated heterocycles. The first-order chi connectivity index (χ1) is 13.4. The van der Waals surface area contributed by atoms with Crippen LogP contribution in [0.2, 0.25) is 5.02 Å². The number of imide groups is 1. The van der Waals surface area contributed by atoms with Crippen LogP contribution >= 0.6 is 11.6 Å². The molecule has 1 heterocycles. The summed E-state index contributed by atoms with van der Waals surface area (Å²) in [7, 11) is 0. The maximum absolute atomic E-state index is 12.4. The average molecular weight is 409 g/mol. The lowest BCUT2D eigenvalue weighted by Gasteiger charge is -2.25. The van der Waals surface area contributed by atoms with Crippen LogP contribution in [0, 0.1) is 5.92 Å². The summed E-state index contributed by atoms with van der Waals surface area (Å²) in [4.78, 5) is 36.5. The number of carbonyl (C=O) groups is 3. The van der Waals surface area contributed by atoms with Gasteiger partial charge in [0.05, 0.1) is 5.92 Å². The maximum atomic E-state index is 12.4. The molecular weight excluding hydrogens is 384 g/mol. The normalized spacial score (nSPS) is 20.3. The minimum absolute atomic E-state index is 0.0886. The summed E-state index contributed by atoms with van der Waals surface area (Å²) in [6, 6.07) is 4.78. The predicted octanol–water partition coefficient (Wildman–Crippen LogP) is 2.98. The topological polar surface area (TPSA) is 93.7 Å². The molecule has 0 unspecified atom stereocenters. The second kappa shape index (κ2) is 9.28. The molecule has 0 aromatic heterocycles. The number of esters is 1. The molecule has 28 heavy (non-hydrogen) atoms. The number of amides is 3. The van der Waals surface area contributed by atoms with Crippen LogP contribution in [0.15, 0.2) is 18.2 Å². The first-order valence-electron chi connectivity index (χ1n) is 9.65. The fourth-order valence-electron chi connectivity index (χ4n) is 3.52. The molecule has 0 bridgehead atoms. The highest BCUT2D eigenvalue weighted by atomic mass is 35.5. The third kappa shape index (κ3) is 5.38. The standard InChI is InChI=1S/C20H25ClN2O5/c1-12(18(24)23-20(26)22-16-5-3-2-4-6-16)28-19(25)14-9-13-10-15(21)7-8-17(13)27-11-14/h7-8,10,12,14,16H,2-6,9,11H2,1H3,(H2,22,23,24,26)/t12-,14+/m1/s1. The van der Waals surface area contributed by atoms with E-state index in [9.17, 15) is 14.4 Å². The van der Waals surface area contributed by atoms with Crippen LogP contribution in [0.1, 0.15) is 44.6 Å². The van der Waals surface area contributed by atoms with Crippen molar-refractivity contribution in [1.82, 2.24) is 10.6 Å². The van der Waals surface area contributed by atoms with E-state index in [1.165, 1.54) is 13.3 Å². The molecule has 1 aromatic carbocycles. The van der Waals surface area contributed by atoms with Crippen LogP contribution in [-0.4, -0.2) is 36.7 Å². The summed E-state index contributed by atoms with van der Waals surface area (Å²) in [6.45, 7) is 1.61. The van der Waals surface area contributed by atoms with E-state index in [-0.39, 0.29) is 12.6 Å². The molecule has 0 radical (unpaired) electrons. The van der Waals surface area contributed by atoms with Crippen molar-refractivity contribution >= 4 is 29.5 Å². The molecule has 1 aliphatic heterocycles. The van der Waals surface area contributed by atoms with Crippen molar-refractivity contribution < 1.29 is 23.9 Å². The second-order valence-electron chi connectivity index (χ2n) is 7.34. The van der Waals surface area contributed by atoms with Crippen LogP contribution in [0.5, 0.6) is 5.75 Å². The van der Waals surface area contributed by atoms with Gasteiger partial charge in [-0.3, -0.25) is 14.9 Å². The van der Waals surface area contributed by atoms with Gasteiger partial charge in [-0.05, 0) is 49.9 Å². The lowest BCUT2D eigenvalue weighted by Crippen LogP contribution is -2.48. The van der Waals surface area contributed by atoms with Gasteiger partial charge in [0.1, 0.15) is 12.4 Å². The Balaban J connectivity index is 1.47. The molecule has 1 fully saturated rings. The molecule has 2 N–H and O–H groups in total. The van der Waals surface area contributed by atoms with Gasteiger partial charge in [0, 0.05) is 11.1 Å². The largest absolute Gasteiger partial charge is 0.492 e. The Kier molecular flexibility index (Phi) is 6.78. The van der Waals surface area contributed by atoms with Gasteiger partial charge in [0.2, 0.25) is 0 Å². The number of urea groups is 1.